The Morgan fingerprint density at radius 1 is 1.25 bits per heavy atom. The molecule has 0 radical (unpaired) electrons. The molecule has 1 heterocycles. The van der Waals surface area contributed by atoms with Gasteiger partial charge >= 0.3 is 5.97 Å². The van der Waals surface area contributed by atoms with Crippen LogP contribution in [0.5, 0.6) is 0 Å². The predicted molar refractivity (Wildman–Crippen MR) is 64.9 cm³/mol. The standard InChI is InChI=1S/C12H20O8/c13-5-9-12(19,11(18)8(15)6-20-9)4-7(14)2-1-3-10(16)17/h8-9,11,13,15,18-19H,1-6H2,(H,16,17)/t8-,9+,11+,12+/m0/s1. The third kappa shape index (κ3) is 3.97. The Morgan fingerprint density at radius 2 is 1.90 bits per heavy atom. The highest BCUT2D eigenvalue weighted by Gasteiger charge is 2.51. The first-order valence-corrected chi connectivity index (χ1v) is 6.35. The molecule has 5 N–H and O–H groups in total. The Labute approximate surface area is 115 Å². The molecule has 8 nitrogen and oxygen atoms in total. The number of rotatable bonds is 7. The summed E-state index contributed by atoms with van der Waals surface area (Å²) < 4.78 is 5.01. The smallest absolute Gasteiger partial charge is 0.303 e. The molecule has 0 aliphatic carbocycles. The van der Waals surface area contributed by atoms with Crippen LogP contribution in [0.25, 0.3) is 0 Å². The van der Waals surface area contributed by atoms with Crippen molar-refractivity contribution in [3.05, 3.63) is 0 Å². The number of hydrogen-bond acceptors (Lipinski definition) is 7. The Balaban J connectivity index is 2.64. The van der Waals surface area contributed by atoms with Gasteiger partial charge in [0.15, 0.2) is 0 Å². The van der Waals surface area contributed by atoms with Gasteiger partial charge in [-0.25, -0.2) is 0 Å². The SMILES string of the molecule is O=C(O)CCCC(=O)C[C@]1(O)[C@H](O)[C@@H](O)CO[C@@H]1CO. The first kappa shape index (κ1) is 17.0. The van der Waals surface area contributed by atoms with Gasteiger partial charge in [0.25, 0.3) is 0 Å². The molecule has 8 heteroatoms. The maximum Gasteiger partial charge on any atom is 0.303 e. The highest BCUT2D eigenvalue weighted by molar-refractivity contribution is 5.80. The van der Waals surface area contributed by atoms with Crippen molar-refractivity contribution in [3.8, 4) is 0 Å². The van der Waals surface area contributed by atoms with Crippen molar-refractivity contribution in [2.75, 3.05) is 13.2 Å². The second-order valence-corrected chi connectivity index (χ2v) is 4.97. The molecule has 0 bridgehead atoms. The molecule has 4 atom stereocenters. The van der Waals surface area contributed by atoms with E-state index in [4.69, 9.17) is 14.9 Å². The molecule has 20 heavy (non-hydrogen) atoms. The molecular formula is C12H20O8. The number of hydrogen-bond donors (Lipinski definition) is 5. The average Bonchev–Trinajstić information content (AvgIpc) is 2.36. The van der Waals surface area contributed by atoms with Crippen molar-refractivity contribution in [2.24, 2.45) is 0 Å². The van der Waals surface area contributed by atoms with Crippen LogP contribution in [0.4, 0.5) is 0 Å². The molecule has 0 aromatic heterocycles. The fourth-order valence-corrected chi connectivity index (χ4v) is 2.24. The van der Waals surface area contributed by atoms with Gasteiger partial charge in [0.05, 0.1) is 13.2 Å². The minimum atomic E-state index is -2.08. The average molecular weight is 292 g/mol. The van der Waals surface area contributed by atoms with Gasteiger partial charge in [0.2, 0.25) is 0 Å². The van der Waals surface area contributed by atoms with Crippen molar-refractivity contribution < 1.29 is 39.9 Å². The van der Waals surface area contributed by atoms with Gasteiger partial charge in [0, 0.05) is 19.3 Å². The molecule has 1 rings (SSSR count). The molecule has 0 amide bonds. The summed E-state index contributed by atoms with van der Waals surface area (Å²) in [7, 11) is 0. The van der Waals surface area contributed by atoms with Crippen molar-refractivity contribution in [3.63, 3.8) is 0 Å². The summed E-state index contributed by atoms with van der Waals surface area (Å²) in [6.45, 7) is -0.857. The van der Waals surface area contributed by atoms with E-state index in [9.17, 15) is 24.9 Å². The number of carbonyl (C=O) groups is 2. The summed E-state index contributed by atoms with van der Waals surface area (Å²) >= 11 is 0. The second-order valence-electron chi connectivity index (χ2n) is 4.97. The van der Waals surface area contributed by atoms with Crippen LogP contribution in [-0.2, 0) is 14.3 Å². The Kier molecular flexibility index (Phi) is 6.03. The lowest BCUT2D eigenvalue weighted by Gasteiger charge is -2.44. The first-order chi connectivity index (χ1) is 9.31. The van der Waals surface area contributed by atoms with Crippen molar-refractivity contribution in [1.29, 1.82) is 0 Å². The molecule has 1 saturated heterocycles. The summed E-state index contributed by atoms with van der Waals surface area (Å²) in [5, 5.41) is 47.2. The van der Waals surface area contributed by atoms with Crippen LogP contribution >= 0.6 is 0 Å². The largest absolute Gasteiger partial charge is 0.481 e. The maximum absolute atomic E-state index is 11.7. The van der Waals surface area contributed by atoms with Crippen LogP contribution < -0.4 is 0 Å². The molecule has 0 aromatic rings. The van der Waals surface area contributed by atoms with E-state index in [2.05, 4.69) is 0 Å². The number of carboxylic acids is 1. The molecule has 1 fully saturated rings. The molecule has 116 valence electrons. The minimum absolute atomic E-state index is 0.0738. The topological polar surface area (TPSA) is 145 Å². The molecule has 0 saturated carbocycles. The van der Waals surface area contributed by atoms with Gasteiger partial charge in [-0.2, -0.15) is 0 Å². The molecule has 0 aromatic carbocycles. The summed E-state index contributed by atoms with van der Waals surface area (Å²) in [5.74, 6) is -1.50. The second kappa shape index (κ2) is 7.09. The van der Waals surface area contributed by atoms with Crippen LogP contribution in [0.3, 0.4) is 0 Å². The summed E-state index contributed by atoms with van der Waals surface area (Å²) in [5.41, 5.74) is -2.08. The number of Topliss-reactive ketones (excluding diaryl/α,β-unsaturated/α-hetero) is 1. The maximum atomic E-state index is 11.7. The fraction of sp³-hybridized carbons (Fsp3) is 0.833. The lowest BCUT2D eigenvalue weighted by atomic mass is 9.80. The first-order valence-electron chi connectivity index (χ1n) is 6.35. The normalized spacial score (nSPS) is 33.9. The van der Waals surface area contributed by atoms with E-state index in [1.54, 1.807) is 0 Å². The van der Waals surface area contributed by atoms with E-state index in [1.165, 1.54) is 0 Å². The van der Waals surface area contributed by atoms with Crippen LogP contribution in [0.15, 0.2) is 0 Å². The summed E-state index contributed by atoms with van der Waals surface area (Å²) in [4.78, 5) is 22.1. The monoisotopic (exact) mass is 292 g/mol. The van der Waals surface area contributed by atoms with E-state index in [0.29, 0.717) is 0 Å². The van der Waals surface area contributed by atoms with Gasteiger partial charge in [-0.1, -0.05) is 0 Å². The van der Waals surface area contributed by atoms with Crippen molar-refractivity contribution in [1.82, 2.24) is 0 Å². The zero-order valence-corrected chi connectivity index (χ0v) is 10.9. The number of carboxylic acid groups (broad SMARTS) is 1. The van der Waals surface area contributed by atoms with E-state index >= 15 is 0 Å². The number of aliphatic hydroxyl groups is 4. The molecule has 0 spiro atoms. The Hall–Kier alpha value is -1.06. The van der Waals surface area contributed by atoms with Gasteiger partial charge < -0.3 is 30.3 Å². The van der Waals surface area contributed by atoms with Crippen LogP contribution in [0.2, 0.25) is 0 Å². The van der Waals surface area contributed by atoms with Crippen LogP contribution in [0, 0.1) is 0 Å². The number of ketones is 1. The molecule has 1 aliphatic rings. The van der Waals surface area contributed by atoms with Gasteiger partial charge in [-0.15, -0.1) is 0 Å². The Bertz CT molecular complexity index is 353. The number of aliphatic hydroxyl groups excluding tert-OH is 3. The molecular weight excluding hydrogens is 272 g/mol. The lowest BCUT2D eigenvalue weighted by Crippen LogP contribution is -2.64. The highest BCUT2D eigenvalue weighted by Crippen LogP contribution is 2.30. The third-order valence-corrected chi connectivity index (χ3v) is 3.39. The zero-order valence-electron chi connectivity index (χ0n) is 10.9. The summed E-state index contributed by atoms with van der Waals surface area (Å²) in [6, 6.07) is 0. The quantitative estimate of drug-likeness (QED) is 0.364. The van der Waals surface area contributed by atoms with E-state index in [0.717, 1.165) is 0 Å². The Morgan fingerprint density at radius 3 is 2.45 bits per heavy atom. The van der Waals surface area contributed by atoms with E-state index < -0.39 is 48.7 Å². The van der Waals surface area contributed by atoms with Crippen LogP contribution in [0.1, 0.15) is 25.7 Å². The lowest BCUT2D eigenvalue weighted by molar-refractivity contribution is -0.249. The predicted octanol–water partition coefficient (Wildman–Crippen LogP) is -1.96. The minimum Gasteiger partial charge on any atom is -0.481 e. The van der Waals surface area contributed by atoms with Gasteiger partial charge in [0.1, 0.15) is 29.7 Å². The van der Waals surface area contributed by atoms with Gasteiger partial charge in [-0.3, -0.25) is 9.59 Å². The third-order valence-electron chi connectivity index (χ3n) is 3.39. The number of ether oxygens (including phenoxy) is 1. The highest BCUT2D eigenvalue weighted by atomic mass is 16.5. The van der Waals surface area contributed by atoms with Gasteiger partial charge in [-0.05, 0) is 6.42 Å². The number of carbonyl (C=O) groups excluding carboxylic acids is 1. The number of aliphatic carboxylic acids is 1. The van der Waals surface area contributed by atoms with Crippen LogP contribution in [-0.4, -0.2) is 74.4 Å². The van der Waals surface area contributed by atoms with E-state index in [-0.39, 0.29) is 25.9 Å². The van der Waals surface area contributed by atoms with Crippen molar-refractivity contribution >= 4 is 11.8 Å². The van der Waals surface area contributed by atoms with E-state index in [1.807, 2.05) is 0 Å². The van der Waals surface area contributed by atoms with Crippen molar-refractivity contribution in [2.45, 2.75) is 49.6 Å². The zero-order chi connectivity index (χ0) is 15.3. The fourth-order valence-electron chi connectivity index (χ4n) is 2.24. The molecule has 0 unspecified atom stereocenters. The molecule has 1 aliphatic heterocycles. The summed E-state index contributed by atoms with van der Waals surface area (Å²) in [6.07, 6.45) is -4.79.